The van der Waals surface area contributed by atoms with Crippen molar-refractivity contribution in [2.24, 2.45) is 0 Å². The number of carboxylic acid groups (broad SMARTS) is 1. The molecule has 0 bridgehead atoms. The molecule has 2 N–H and O–H groups in total. The number of aryl methyl sites for hydroxylation is 2. The molecule has 5 nitrogen and oxygen atoms in total. The summed E-state index contributed by atoms with van der Waals surface area (Å²) in [5.74, 6) is -0.456. The molecule has 0 saturated heterocycles. The molecule has 0 atom stereocenters. The molecular formula is C19H19NO4. The Hall–Kier alpha value is -2.82. The monoisotopic (exact) mass is 325 g/mol. The Morgan fingerprint density at radius 2 is 1.79 bits per heavy atom. The van der Waals surface area contributed by atoms with Crippen molar-refractivity contribution in [1.29, 1.82) is 0 Å². The third-order valence-corrected chi connectivity index (χ3v) is 4.13. The topological polar surface area (TPSA) is 75.6 Å². The Balaban J connectivity index is 1.46. The summed E-state index contributed by atoms with van der Waals surface area (Å²) in [5, 5.41) is 11.6. The van der Waals surface area contributed by atoms with Crippen molar-refractivity contribution in [2.45, 2.75) is 25.8 Å². The summed E-state index contributed by atoms with van der Waals surface area (Å²) in [5.41, 5.74) is 3.75. The number of hydrogen-bond acceptors (Lipinski definition) is 3. The fraction of sp³-hybridized carbons (Fsp3) is 0.263. The Morgan fingerprint density at radius 1 is 1.04 bits per heavy atom. The molecule has 2 aromatic rings. The average molecular weight is 325 g/mol. The van der Waals surface area contributed by atoms with Gasteiger partial charge in [-0.2, -0.15) is 0 Å². The molecule has 3 rings (SSSR count). The minimum absolute atomic E-state index is 0.0357. The van der Waals surface area contributed by atoms with Gasteiger partial charge in [0.15, 0.2) is 6.61 Å². The van der Waals surface area contributed by atoms with E-state index < -0.39 is 5.97 Å². The molecule has 0 aliphatic heterocycles. The van der Waals surface area contributed by atoms with Gasteiger partial charge < -0.3 is 15.2 Å². The van der Waals surface area contributed by atoms with Crippen LogP contribution in [-0.4, -0.2) is 23.6 Å². The molecule has 0 saturated carbocycles. The van der Waals surface area contributed by atoms with Crippen LogP contribution in [0, 0.1) is 0 Å². The van der Waals surface area contributed by atoms with Gasteiger partial charge in [-0.1, -0.05) is 18.2 Å². The third kappa shape index (κ3) is 3.93. The first-order valence-electron chi connectivity index (χ1n) is 7.95. The lowest BCUT2D eigenvalue weighted by Crippen LogP contribution is -2.28. The lowest BCUT2D eigenvalue weighted by molar-refractivity contribution is -0.123. The van der Waals surface area contributed by atoms with Gasteiger partial charge in [0.1, 0.15) is 5.75 Å². The van der Waals surface area contributed by atoms with E-state index in [9.17, 15) is 9.59 Å². The maximum absolute atomic E-state index is 11.9. The largest absolute Gasteiger partial charge is 0.484 e. The van der Waals surface area contributed by atoms with E-state index in [4.69, 9.17) is 9.84 Å². The number of nitrogens with one attached hydrogen (secondary N) is 1. The number of rotatable bonds is 6. The number of benzene rings is 2. The van der Waals surface area contributed by atoms with Crippen LogP contribution in [0.5, 0.6) is 5.75 Å². The van der Waals surface area contributed by atoms with Crippen LogP contribution in [0.3, 0.4) is 0 Å². The van der Waals surface area contributed by atoms with Crippen LogP contribution in [-0.2, 0) is 24.2 Å². The number of carboxylic acids is 1. The molecule has 0 fully saturated rings. The van der Waals surface area contributed by atoms with Crippen molar-refractivity contribution in [3.8, 4) is 5.75 Å². The number of fused-ring (bicyclic) bond motifs is 1. The zero-order valence-corrected chi connectivity index (χ0v) is 13.2. The van der Waals surface area contributed by atoms with E-state index in [1.165, 1.54) is 29.7 Å². The fourth-order valence-electron chi connectivity index (χ4n) is 2.80. The van der Waals surface area contributed by atoms with Crippen molar-refractivity contribution in [3.63, 3.8) is 0 Å². The third-order valence-electron chi connectivity index (χ3n) is 4.13. The maximum atomic E-state index is 11.9. The second-order valence-electron chi connectivity index (χ2n) is 5.85. The molecular weight excluding hydrogens is 306 g/mol. The lowest BCUT2D eigenvalue weighted by Gasteiger charge is -2.09. The zero-order chi connectivity index (χ0) is 16.9. The number of carbonyl (C=O) groups is 2. The molecule has 0 aromatic heterocycles. The van der Waals surface area contributed by atoms with Gasteiger partial charge in [0.25, 0.3) is 5.91 Å². The van der Waals surface area contributed by atoms with E-state index in [2.05, 4.69) is 11.4 Å². The van der Waals surface area contributed by atoms with Crippen LogP contribution >= 0.6 is 0 Å². The molecule has 1 amide bonds. The van der Waals surface area contributed by atoms with Crippen molar-refractivity contribution in [2.75, 3.05) is 6.61 Å². The zero-order valence-electron chi connectivity index (χ0n) is 13.2. The Morgan fingerprint density at radius 3 is 2.54 bits per heavy atom. The van der Waals surface area contributed by atoms with Gasteiger partial charge in [0, 0.05) is 6.54 Å². The van der Waals surface area contributed by atoms with Crippen molar-refractivity contribution in [3.05, 3.63) is 64.7 Å². The van der Waals surface area contributed by atoms with E-state index in [0.717, 1.165) is 24.2 Å². The predicted molar refractivity (Wildman–Crippen MR) is 89.2 cm³/mol. The highest BCUT2D eigenvalue weighted by Gasteiger charge is 2.12. The SMILES string of the molecule is O=C(COc1ccc2c(c1)CCC2)NCc1ccc(C(=O)O)cc1. The highest BCUT2D eigenvalue weighted by atomic mass is 16.5. The van der Waals surface area contributed by atoms with E-state index in [-0.39, 0.29) is 18.1 Å². The van der Waals surface area contributed by atoms with Crippen LogP contribution in [0.25, 0.3) is 0 Å². The predicted octanol–water partition coefficient (Wildman–Crippen LogP) is 2.57. The van der Waals surface area contributed by atoms with Gasteiger partial charge in [-0.05, 0) is 60.2 Å². The van der Waals surface area contributed by atoms with Gasteiger partial charge in [-0.25, -0.2) is 4.79 Å². The van der Waals surface area contributed by atoms with Crippen LogP contribution in [0.4, 0.5) is 0 Å². The summed E-state index contributed by atoms with van der Waals surface area (Å²) >= 11 is 0. The summed E-state index contributed by atoms with van der Waals surface area (Å²) in [6.45, 7) is 0.304. The summed E-state index contributed by atoms with van der Waals surface area (Å²) in [6, 6.07) is 12.4. The molecule has 0 heterocycles. The van der Waals surface area contributed by atoms with Crippen LogP contribution in [0.15, 0.2) is 42.5 Å². The number of amides is 1. The number of hydrogen-bond donors (Lipinski definition) is 2. The summed E-state index contributed by atoms with van der Waals surface area (Å²) in [7, 11) is 0. The van der Waals surface area contributed by atoms with E-state index in [1.54, 1.807) is 12.1 Å². The van der Waals surface area contributed by atoms with Gasteiger partial charge in [-0.3, -0.25) is 4.79 Å². The smallest absolute Gasteiger partial charge is 0.335 e. The molecule has 5 heteroatoms. The van der Waals surface area contributed by atoms with Crippen LogP contribution < -0.4 is 10.1 Å². The van der Waals surface area contributed by atoms with Gasteiger partial charge >= 0.3 is 5.97 Å². The number of carbonyl (C=O) groups excluding carboxylic acids is 1. The quantitative estimate of drug-likeness (QED) is 0.856. The Kier molecular flexibility index (Phi) is 4.79. The normalized spacial score (nSPS) is 12.5. The minimum Gasteiger partial charge on any atom is -0.484 e. The highest BCUT2D eigenvalue weighted by molar-refractivity contribution is 5.87. The minimum atomic E-state index is -0.965. The average Bonchev–Trinajstić information content (AvgIpc) is 3.06. The van der Waals surface area contributed by atoms with Crippen molar-refractivity contribution < 1.29 is 19.4 Å². The van der Waals surface area contributed by atoms with Gasteiger partial charge in [0.2, 0.25) is 0 Å². The molecule has 1 aliphatic carbocycles. The molecule has 0 radical (unpaired) electrons. The second kappa shape index (κ2) is 7.17. The first-order chi connectivity index (χ1) is 11.6. The summed E-state index contributed by atoms with van der Waals surface area (Å²) in [6.07, 6.45) is 3.38. The molecule has 2 aromatic carbocycles. The summed E-state index contributed by atoms with van der Waals surface area (Å²) in [4.78, 5) is 22.7. The maximum Gasteiger partial charge on any atom is 0.335 e. The van der Waals surface area contributed by atoms with Crippen molar-refractivity contribution >= 4 is 11.9 Å². The van der Waals surface area contributed by atoms with E-state index in [0.29, 0.717) is 6.54 Å². The molecule has 0 unspecified atom stereocenters. The highest BCUT2D eigenvalue weighted by Crippen LogP contribution is 2.25. The molecule has 124 valence electrons. The number of ether oxygens (including phenoxy) is 1. The van der Waals surface area contributed by atoms with Crippen LogP contribution in [0.2, 0.25) is 0 Å². The van der Waals surface area contributed by atoms with Gasteiger partial charge in [-0.15, -0.1) is 0 Å². The summed E-state index contributed by atoms with van der Waals surface area (Å²) < 4.78 is 5.54. The first kappa shape index (κ1) is 16.1. The lowest BCUT2D eigenvalue weighted by atomic mass is 10.1. The number of aromatic carboxylic acids is 1. The standard InChI is InChI=1S/C19H19NO4/c21-18(20-11-13-4-6-15(7-5-13)19(22)23)12-24-17-9-8-14-2-1-3-16(14)10-17/h4-10H,1-3,11-12H2,(H,20,21)(H,22,23). The molecule has 24 heavy (non-hydrogen) atoms. The second-order valence-corrected chi connectivity index (χ2v) is 5.85. The first-order valence-corrected chi connectivity index (χ1v) is 7.95. The Labute approximate surface area is 140 Å². The molecule has 0 spiro atoms. The van der Waals surface area contributed by atoms with E-state index in [1.807, 2.05) is 12.1 Å². The van der Waals surface area contributed by atoms with Crippen LogP contribution in [0.1, 0.15) is 33.5 Å². The van der Waals surface area contributed by atoms with Gasteiger partial charge in [0.05, 0.1) is 5.56 Å². The Bertz CT molecular complexity index is 752. The fourth-order valence-corrected chi connectivity index (χ4v) is 2.80. The van der Waals surface area contributed by atoms with E-state index >= 15 is 0 Å². The van der Waals surface area contributed by atoms with Crippen molar-refractivity contribution in [1.82, 2.24) is 5.32 Å². The molecule has 1 aliphatic rings.